The number of aromatic nitrogens is 2. The molecule has 354 valence electrons. The molecule has 2 N–H and O–H groups in total. The van der Waals surface area contributed by atoms with Crippen LogP contribution in [-0.2, 0) is 0 Å². The molecule has 0 saturated carbocycles. The Labute approximate surface area is 399 Å². The van der Waals surface area contributed by atoms with Gasteiger partial charge < -0.3 is 44.6 Å². The van der Waals surface area contributed by atoms with Gasteiger partial charge in [-0.05, 0) is 81.5 Å². The van der Waals surface area contributed by atoms with Crippen molar-refractivity contribution in [3.05, 3.63) is 114 Å². The highest BCUT2D eigenvalue weighted by Crippen LogP contribution is 2.29. The van der Waals surface area contributed by atoms with E-state index in [0.717, 1.165) is 22.7 Å². The number of hydrogen-bond donors (Lipinski definition) is 2. The number of methoxy groups -OCH3 is 2. The average Bonchev–Trinajstić information content (AvgIpc) is 4.04. The zero-order valence-electron chi connectivity index (χ0n) is 37.7. The summed E-state index contributed by atoms with van der Waals surface area (Å²) in [6.07, 6.45) is 3.75. The van der Waals surface area contributed by atoms with Crippen molar-refractivity contribution in [2.45, 2.75) is 12.8 Å². The number of nitrogens with zero attached hydrogens (tertiary/aromatic N) is 7. The van der Waals surface area contributed by atoms with Crippen molar-refractivity contribution in [2.75, 3.05) is 99.8 Å². The molecule has 0 bridgehead atoms. The predicted octanol–water partition coefficient (Wildman–Crippen LogP) is 2.93. The molecule has 4 aromatic rings. The van der Waals surface area contributed by atoms with Crippen molar-refractivity contribution in [2.24, 2.45) is 0 Å². The van der Waals surface area contributed by atoms with Crippen molar-refractivity contribution >= 4 is 69.4 Å². The normalized spacial score (nSPS) is 16.0. The minimum absolute atomic E-state index is 0.0472. The molecule has 0 unspecified atom stereocenters. The number of hydrogen-bond acceptors (Lipinski definition) is 17. The van der Waals surface area contributed by atoms with Gasteiger partial charge >= 0.3 is 0 Å². The number of carbonyl (C=O) groups is 8. The zero-order chi connectivity index (χ0) is 48.1. The highest BCUT2D eigenvalue weighted by molar-refractivity contribution is 7.16. The maximum Gasteiger partial charge on any atom is 0.282 e. The summed E-state index contributed by atoms with van der Waals surface area (Å²) in [6.45, 7) is 4.49. The minimum atomic E-state index is -0.462. The Bertz CT molecular complexity index is 2530. The highest BCUT2D eigenvalue weighted by atomic mass is 32.1. The van der Waals surface area contributed by atoms with E-state index in [0.29, 0.717) is 87.8 Å². The molecule has 4 heterocycles. The van der Waals surface area contributed by atoms with Crippen molar-refractivity contribution in [3.63, 3.8) is 0 Å². The number of benzene rings is 2. The number of piperazine rings is 2. The van der Waals surface area contributed by atoms with Crippen LogP contribution in [0.2, 0.25) is 0 Å². The van der Waals surface area contributed by atoms with Crippen LogP contribution in [0.5, 0.6) is 11.5 Å². The summed E-state index contributed by atoms with van der Waals surface area (Å²) in [5.41, 5.74) is 1.16. The fourth-order valence-corrected chi connectivity index (χ4v) is 9.97. The summed E-state index contributed by atoms with van der Waals surface area (Å²) in [5, 5.41) is 6.21. The summed E-state index contributed by atoms with van der Waals surface area (Å²) >= 11 is 1.80. The Kier molecular flexibility index (Phi) is 14.5. The SMILES string of the molecule is COc1ccc(C(=O)N2CCN(C(=O)c3nc4c(s3)C(=O)C=C(NCCCN(C)CCCNC3=CC(=O)c5sc(C(=O)N6CCN(C(=O)c7ccc(OC)cc7)CC6)nc5C3=O)C4=O)CC2)cc1. The standard InChI is InChI=1S/C47H49N9O10S2/c1-52(16-4-14-48-32-26-34(57)40-36(38(32)59)50-42(67-40)46(63)55-22-18-53(19-23-55)44(61)28-6-10-30(65-2)11-7-28)17-5-15-49-33-27-35(58)41-37(39(33)60)51-43(68-41)47(64)56-24-20-54(21-25-56)45(62)29-8-12-31(66-3)13-9-29/h6-13,26-27,48-49H,4-5,14-25H2,1-3H3. The highest BCUT2D eigenvalue weighted by Gasteiger charge is 2.36. The Morgan fingerprint density at radius 2 is 0.897 bits per heavy atom. The number of thiazole rings is 2. The van der Waals surface area contributed by atoms with Gasteiger partial charge in [0.05, 0.1) is 25.6 Å². The van der Waals surface area contributed by atoms with E-state index in [1.165, 1.54) is 12.2 Å². The largest absolute Gasteiger partial charge is 0.497 e. The second kappa shape index (κ2) is 20.8. The Hall–Kier alpha value is -7.10. The van der Waals surface area contributed by atoms with Crippen molar-refractivity contribution in [1.29, 1.82) is 0 Å². The molecule has 2 aliphatic carbocycles. The number of allylic oxidation sites excluding steroid dienone is 4. The van der Waals surface area contributed by atoms with Crippen LogP contribution in [0.1, 0.15) is 93.5 Å². The molecule has 4 aliphatic rings. The lowest BCUT2D eigenvalue weighted by atomic mass is 10.0. The zero-order valence-corrected chi connectivity index (χ0v) is 39.3. The molecule has 2 fully saturated rings. The van der Waals surface area contributed by atoms with Crippen LogP contribution in [0, 0.1) is 0 Å². The quantitative estimate of drug-likeness (QED) is 0.154. The molecule has 2 aromatic heterocycles. The van der Waals surface area contributed by atoms with E-state index in [4.69, 9.17) is 9.47 Å². The molecule has 2 aliphatic heterocycles. The molecular formula is C47H49N9O10S2. The maximum absolute atomic E-state index is 13.4. The van der Waals surface area contributed by atoms with E-state index in [2.05, 4.69) is 25.5 Å². The van der Waals surface area contributed by atoms with Crippen molar-refractivity contribution in [1.82, 2.24) is 45.1 Å². The number of fused-ring (bicyclic) bond motifs is 2. The van der Waals surface area contributed by atoms with Crippen LogP contribution in [0.3, 0.4) is 0 Å². The molecule has 2 saturated heterocycles. The number of ether oxygens (including phenoxy) is 2. The molecule has 0 atom stereocenters. The molecule has 2 aromatic carbocycles. The summed E-state index contributed by atoms with van der Waals surface area (Å²) in [6, 6.07) is 13.7. The summed E-state index contributed by atoms with van der Waals surface area (Å²) in [5.74, 6) is -1.53. The molecule has 0 spiro atoms. The van der Waals surface area contributed by atoms with Crippen molar-refractivity contribution in [3.8, 4) is 11.5 Å². The molecule has 68 heavy (non-hydrogen) atoms. The fourth-order valence-electron chi connectivity index (χ4n) is 8.09. The third-order valence-electron chi connectivity index (χ3n) is 12.0. The molecule has 21 heteroatoms. The first-order chi connectivity index (χ1) is 32.8. The van der Waals surface area contributed by atoms with Crippen LogP contribution < -0.4 is 20.1 Å². The lowest BCUT2D eigenvalue weighted by molar-refractivity contribution is 0.0535. The monoisotopic (exact) mass is 963 g/mol. The van der Waals surface area contributed by atoms with Gasteiger partial charge in [-0.25, -0.2) is 9.97 Å². The number of amides is 4. The van der Waals surface area contributed by atoms with Gasteiger partial charge in [0.25, 0.3) is 23.6 Å². The van der Waals surface area contributed by atoms with Gasteiger partial charge in [0.2, 0.25) is 11.6 Å². The number of rotatable bonds is 16. The van der Waals surface area contributed by atoms with Gasteiger partial charge in [-0.1, -0.05) is 0 Å². The molecule has 19 nitrogen and oxygen atoms in total. The van der Waals surface area contributed by atoms with Gasteiger partial charge in [0.15, 0.2) is 21.6 Å². The van der Waals surface area contributed by atoms with Gasteiger partial charge in [-0.15, -0.1) is 22.7 Å². The maximum atomic E-state index is 13.4. The summed E-state index contributed by atoms with van der Waals surface area (Å²) in [4.78, 5) is 123. The van der Waals surface area contributed by atoms with E-state index in [9.17, 15) is 38.4 Å². The van der Waals surface area contributed by atoms with Gasteiger partial charge in [0, 0.05) is 88.7 Å². The Balaban J connectivity index is 0.732. The molecule has 8 rings (SSSR count). The number of nitrogens with one attached hydrogen (secondary N) is 2. The fraction of sp³-hybridized carbons (Fsp3) is 0.362. The predicted molar refractivity (Wildman–Crippen MR) is 250 cm³/mol. The van der Waals surface area contributed by atoms with E-state index >= 15 is 0 Å². The van der Waals surface area contributed by atoms with Crippen LogP contribution in [0.15, 0.2) is 72.1 Å². The van der Waals surface area contributed by atoms with Gasteiger partial charge in [0.1, 0.15) is 32.6 Å². The number of Topliss-reactive ketones (excluding diaryl/α,β-unsaturated/α-hetero) is 2. The second-order valence-corrected chi connectivity index (χ2v) is 18.4. The third-order valence-corrected chi connectivity index (χ3v) is 14.1. The first-order valence-electron chi connectivity index (χ1n) is 22.1. The summed E-state index contributed by atoms with van der Waals surface area (Å²) in [7, 11) is 5.04. The first kappa shape index (κ1) is 47.4. The first-order valence-corrected chi connectivity index (χ1v) is 23.7. The van der Waals surface area contributed by atoms with Crippen LogP contribution >= 0.6 is 22.7 Å². The molecule has 0 radical (unpaired) electrons. The van der Waals surface area contributed by atoms with Crippen LogP contribution in [0.25, 0.3) is 0 Å². The summed E-state index contributed by atoms with van der Waals surface area (Å²) < 4.78 is 10.3. The Morgan fingerprint density at radius 1 is 0.559 bits per heavy atom. The number of ketones is 4. The molecular weight excluding hydrogens is 915 g/mol. The molecule has 4 amide bonds. The van der Waals surface area contributed by atoms with Crippen LogP contribution in [-0.4, -0.2) is 181 Å². The van der Waals surface area contributed by atoms with Gasteiger partial charge in [-0.2, -0.15) is 0 Å². The Morgan fingerprint density at radius 3 is 1.24 bits per heavy atom. The number of carbonyl (C=O) groups excluding carboxylic acids is 8. The lowest BCUT2D eigenvalue weighted by Crippen LogP contribution is -2.50. The van der Waals surface area contributed by atoms with Crippen molar-refractivity contribution < 1.29 is 47.8 Å². The van der Waals surface area contributed by atoms with E-state index in [-0.39, 0.29) is 80.5 Å². The third kappa shape index (κ3) is 10.2. The van der Waals surface area contributed by atoms with E-state index in [1.54, 1.807) is 82.4 Å². The average molecular weight is 964 g/mol. The topological polar surface area (TPSA) is 221 Å². The minimum Gasteiger partial charge on any atom is -0.497 e. The van der Waals surface area contributed by atoms with Gasteiger partial charge in [-0.3, -0.25) is 38.4 Å². The van der Waals surface area contributed by atoms with Crippen LogP contribution in [0.4, 0.5) is 0 Å². The van der Waals surface area contributed by atoms with E-state index in [1.807, 2.05) is 7.05 Å². The second-order valence-electron chi connectivity index (χ2n) is 16.4. The lowest BCUT2D eigenvalue weighted by Gasteiger charge is -2.34. The van der Waals surface area contributed by atoms with E-state index < -0.39 is 34.9 Å². The smallest absolute Gasteiger partial charge is 0.282 e.